The highest BCUT2D eigenvalue weighted by molar-refractivity contribution is 6.37. The van der Waals surface area contributed by atoms with E-state index in [1.165, 1.54) is 0 Å². The number of aryl methyl sites for hydroxylation is 1. The Hall–Kier alpha value is -4.12. The highest BCUT2D eigenvalue weighted by Crippen LogP contribution is 2.33. The topological polar surface area (TPSA) is 143 Å². The molecule has 3 N–H and O–H groups in total. The van der Waals surface area contributed by atoms with Gasteiger partial charge in [0, 0.05) is 57.0 Å². The van der Waals surface area contributed by atoms with Crippen LogP contribution < -0.4 is 16.4 Å². The minimum Gasteiger partial charge on any atom is -0.434 e. The summed E-state index contributed by atoms with van der Waals surface area (Å²) in [5, 5.41) is 15.5. The molecule has 1 fully saturated rings. The number of nitrogens with one attached hydrogen (secondary N) is 3. The van der Waals surface area contributed by atoms with E-state index < -0.39 is 0 Å². The van der Waals surface area contributed by atoms with Crippen molar-refractivity contribution < 1.29 is 9.15 Å². The monoisotopic (exact) mass is 474 g/mol. The van der Waals surface area contributed by atoms with Crippen molar-refractivity contribution in [3.63, 3.8) is 0 Å². The largest absolute Gasteiger partial charge is 0.434 e. The Balaban J connectivity index is 1.73. The number of ether oxygens (including phenoxy) is 1. The molecule has 11 heteroatoms. The van der Waals surface area contributed by atoms with E-state index in [2.05, 4.69) is 30.8 Å². The van der Waals surface area contributed by atoms with Crippen molar-refractivity contribution in [2.45, 2.75) is 31.9 Å². The molecule has 5 rings (SSSR count). The first-order chi connectivity index (χ1) is 17.1. The third kappa shape index (κ3) is 4.26. The van der Waals surface area contributed by atoms with E-state index in [1.807, 2.05) is 18.2 Å². The number of aromatic nitrogens is 4. The second-order valence-electron chi connectivity index (χ2n) is 8.22. The van der Waals surface area contributed by atoms with Crippen molar-refractivity contribution >= 4 is 39.9 Å². The molecular formula is C24H26N8O3. The average molecular weight is 475 g/mol. The van der Waals surface area contributed by atoms with Gasteiger partial charge >= 0.3 is 5.69 Å². The molecule has 1 aliphatic heterocycles. The number of hydrogen-bond acceptors (Lipinski definition) is 10. The number of furan rings is 1. The van der Waals surface area contributed by atoms with Crippen molar-refractivity contribution in [3.05, 3.63) is 46.6 Å². The van der Waals surface area contributed by atoms with E-state index in [-0.39, 0.29) is 11.8 Å². The number of anilines is 1. The maximum Gasteiger partial charge on any atom is 0.348 e. The molecule has 11 nitrogen and oxygen atoms in total. The summed E-state index contributed by atoms with van der Waals surface area (Å²) in [6.07, 6.45) is 7.22. The summed E-state index contributed by atoms with van der Waals surface area (Å²) in [4.78, 5) is 26.5. The zero-order valence-corrected chi connectivity index (χ0v) is 19.5. The quantitative estimate of drug-likeness (QED) is 0.261. The molecule has 5 heterocycles. The third-order valence-corrected chi connectivity index (χ3v) is 6.10. The van der Waals surface area contributed by atoms with Gasteiger partial charge in [-0.05, 0) is 37.5 Å². The molecule has 0 aliphatic carbocycles. The van der Waals surface area contributed by atoms with Gasteiger partial charge < -0.3 is 25.3 Å². The van der Waals surface area contributed by atoms with Crippen LogP contribution in [0.1, 0.15) is 24.8 Å². The maximum atomic E-state index is 13.3. The van der Waals surface area contributed by atoms with Crippen molar-refractivity contribution in [3.8, 4) is 11.3 Å². The lowest BCUT2D eigenvalue weighted by molar-refractivity contribution is 0.100. The van der Waals surface area contributed by atoms with E-state index in [0.29, 0.717) is 63.5 Å². The summed E-state index contributed by atoms with van der Waals surface area (Å²) in [5.41, 5.74) is 5.86. The zero-order chi connectivity index (χ0) is 24.4. The van der Waals surface area contributed by atoms with Crippen LogP contribution in [0.4, 0.5) is 5.82 Å². The second-order valence-corrected chi connectivity index (χ2v) is 8.22. The van der Waals surface area contributed by atoms with Crippen LogP contribution in [-0.4, -0.2) is 58.3 Å². The summed E-state index contributed by atoms with van der Waals surface area (Å²) in [5.74, 6) is 0.703. The highest BCUT2D eigenvalue weighted by atomic mass is 16.5. The van der Waals surface area contributed by atoms with Gasteiger partial charge in [-0.25, -0.2) is 14.8 Å². The van der Waals surface area contributed by atoms with Crippen LogP contribution in [0.25, 0.3) is 33.5 Å². The van der Waals surface area contributed by atoms with Crippen molar-refractivity contribution in [2.75, 3.05) is 26.0 Å². The Labute approximate surface area is 200 Å². The molecule has 0 saturated carbocycles. The Morgan fingerprint density at radius 1 is 1.31 bits per heavy atom. The molecule has 35 heavy (non-hydrogen) atoms. The molecular weight excluding hydrogens is 448 g/mol. The molecule has 0 radical (unpaired) electrons. The van der Waals surface area contributed by atoms with E-state index in [4.69, 9.17) is 14.6 Å². The molecule has 0 amide bonds. The number of rotatable bonds is 8. The smallest absolute Gasteiger partial charge is 0.348 e. The van der Waals surface area contributed by atoms with Gasteiger partial charge in [0.15, 0.2) is 5.58 Å². The summed E-state index contributed by atoms with van der Waals surface area (Å²) in [6.45, 7) is 1.19. The summed E-state index contributed by atoms with van der Waals surface area (Å²) in [7, 11) is 3.45. The molecule has 1 unspecified atom stereocenters. The van der Waals surface area contributed by atoms with Gasteiger partial charge in [0.1, 0.15) is 22.7 Å². The van der Waals surface area contributed by atoms with Gasteiger partial charge in [0.25, 0.3) is 0 Å². The predicted molar refractivity (Wildman–Crippen MR) is 134 cm³/mol. The fourth-order valence-corrected chi connectivity index (χ4v) is 4.37. The average Bonchev–Trinajstić information content (AvgIpc) is 3.54. The standard InChI is InChI=1S/C24H26N8O3/c1-26-19-6-5-14(12-28-19)20-22-21(32(24(33)30-20)8-7-16-4-3-9-34-16)17-10-15(13-29-23(17)35-22)18(11-25)31-27-2/h5-6,10-13,16,25,27H,3-4,7-9H2,1-2H3,(H,26,28)/b25-11?,31-18+. The predicted octanol–water partition coefficient (Wildman–Crippen LogP) is 2.78. The Bertz CT molecular complexity index is 1470. The van der Waals surface area contributed by atoms with E-state index in [1.54, 1.807) is 31.1 Å². The first-order valence-electron chi connectivity index (χ1n) is 11.5. The molecule has 4 aromatic rings. The SMILES string of the molecule is CN/N=C(\C=N)c1cnc2oc3c(-c4ccc(NC)nc4)nc(=O)n(CCC4CCCO4)c3c2c1. The molecule has 1 saturated heterocycles. The van der Waals surface area contributed by atoms with Gasteiger partial charge in [0.05, 0.1) is 11.5 Å². The Morgan fingerprint density at radius 3 is 2.89 bits per heavy atom. The molecule has 1 atom stereocenters. The number of pyridine rings is 2. The number of hydrazone groups is 1. The Kier molecular flexibility index (Phi) is 6.23. The zero-order valence-electron chi connectivity index (χ0n) is 19.5. The van der Waals surface area contributed by atoms with Crippen LogP contribution in [0, 0.1) is 5.41 Å². The van der Waals surface area contributed by atoms with Gasteiger partial charge in [-0.1, -0.05) is 0 Å². The number of nitrogens with zero attached hydrogens (tertiary/aromatic N) is 5. The van der Waals surface area contributed by atoms with Crippen LogP contribution >= 0.6 is 0 Å². The van der Waals surface area contributed by atoms with E-state index >= 15 is 0 Å². The van der Waals surface area contributed by atoms with Crippen molar-refractivity contribution in [1.29, 1.82) is 5.41 Å². The van der Waals surface area contributed by atoms with Gasteiger partial charge in [-0.15, -0.1) is 0 Å². The summed E-state index contributed by atoms with van der Waals surface area (Å²) >= 11 is 0. The normalized spacial score (nSPS) is 16.2. The molecule has 0 bridgehead atoms. The molecule has 180 valence electrons. The molecule has 0 aromatic carbocycles. The van der Waals surface area contributed by atoms with Crippen LogP contribution in [0.2, 0.25) is 0 Å². The fraction of sp³-hybridized carbons (Fsp3) is 0.333. The third-order valence-electron chi connectivity index (χ3n) is 6.10. The van der Waals surface area contributed by atoms with E-state index in [9.17, 15) is 4.79 Å². The fourth-order valence-electron chi connectivity index (χ4n) is 4.37. The summed E-state index contributed by atoms with van der Waals surface area (Å²) < 4.78 is 13.6. The minimum absolute atomic E-state index is 0.119. The lowest BCUT2D eigenvalue weighted by atomic mass is 10.1. The maximum absolute atomic E-state index is 13.3. The molecule has 1 aliphatic rings. The van der Waals surface area contributed by atoms with E-state index in [0.717, 1.165) is 25.7 Å². The number of hydrogen-bond donors (Lipinski definition) is 3. The van der Waals surface area contributed by atoms with Crippen LogP contribution in [0.5, 0.6) is 0 Å². The Morgan fingerprint density at radius 2 is 2.20 bits per heavy atom. The van der Waals surface area contributed by atoms with Crippen LogP contribution in [0.15, 0.2) is 44.9 Å². The first-order valence-corrected chi connectivity index (χ1v) is 11.5. The first kappa shape index (κ1) is 22.7. The van der Waals surface area contributed by atoms with Gasteiger partial charge in [0.2, 0.25) is 5.71 Å². The van der Waals surface area contributed by atoms with Crippen molar-refractivity contribution in [1.82, 2.24) is 24.9 Å². The highest BCUT2D eigenvalue weighted by Gasteiger charge is 2.23. The lowest BCUT2D eigenvalue weighted by Crippen LogP contribution is -2.25. The minimum atomic E-state index is -0.382. The molecule has 0 spiro atoms. The lowest BCUT2D eigenvalue weighted by Gasteiger charge is -2.13. The number of fused-ring (bicyclic) bond motifs is 3. The second kappa shape index (κ2) is 9.63. The van der Waals surface area contributed by atoms with Crippen LogP contribution in [0.3, 0.4) is 0 Å². The van der Waals surface area contributed by atoms with Gasteiger partial charge in [-0.2, -0.15) is 10.1 Å². The van der Waals surface area contributed by atoms with Gasteiger partial charge in [-0.3, -0.25) is 4.57 Å². The molecule has 4 aromatic heterocycles. The van der Waals surface area contributed by atoms with Crippen LogP contribution in [-0.2, 0) is 11.3 Å². The summed E-state index contributed by atoms with van der Waals surface area (Å²) in [6, 6.07) is 5.49. The van der Waals surface area contributed by atoms with Crippen molar-refractivity contribution in [2.24, 2.45) is 5.10 Å².